The largest absolute Gasteiger partial charge is 0.366 e. The van der Waals surface area contributed by atoms with Gasteiger partial charge < -0.3 is 10.2 Å². The van der Waals surface area contributed by atoms with Crippen molar-refractivity contribution in [3.05, 3.63) is 71.8 Å². The zero-order chi connectivity index (χ0) is 29.5. The Bertz CT molecular complexity index is 1840. The molecule has 8 rings (SSSR count). The fraction of sp³-hybridized carbons (Fsp3) is 0.387. The van der Waals surface area contributed by atoms with Crippen LogP contribution in [0.1, 0.15) is 26.2 Å². The third-order valence-corrected chi connectivity index (χ3v) is 8.68. The molecule has 2 bridgehead atoms. The summed E-state index contributed by atoms with van der Waals surface area (Å²) in [5.41, 5.74) is 2.98. The minimum Gasteiger partial charge on any atom is -0.366 e. The molecule has 3 fully saturated rings. The predicted octanol–water partition coefficient (Wildman–Crippen LogP) is 4.29. The topological polar surface area (TPSA) is 102 Å². The molecule has 2 unspecified atom stereocenters. The smallest absolute Gasteiger partial charge is 0.278 e. The van der Waals surface area contributed by atoms with E-state index in [1.165, 1.54) is 12.1 Å². The molecule has 5 aromatic rings. The Morgan fingerprint density at radius 2 is 1.88 bits per heavy atom. The fourth-order valence-electron chi connectivity index (χ4n) is 6.59. The van der Waals surface area contributed by atoms with E-state index in [0.29, 0.717) is 48.0 Å². The summed E-state index contributed by atoms with van der Waals surface area (Å²) in [6.45, 7) is 8.90. The standard InChI is InChI=1S/C31H35FN10O/c1-3-15-41-30(43)26-18-33-31(37-29(26)42(41)27-13-8-21-17-34-40(4-2)28(21)36-27)35-22-9-11-23(12-10-22)39-20-24-6-5-7-25(39)19-38(24)16-14-32/h3,8-13,17-18,24-25H,1,4-7,14-16,19-20H2,2H3,(H,33,35,37). The molecule has 4 aromatic heterocycles. The first kappa shape index (κ1) is 27.3. The molecule has 0 radical (unpaired) electrons. The van der Waals surface area contributed by atoms with Crippen molar-refractivity contribution in [2.75, 3.05) is 36.5 Å². The minimum absolute atomic E-state index is 0.214. The maximum Gasteiger partial charge on any atom is 0.278 e. The van der Waals surface area contributed by atoms with Gasteiger partial charge in [-0.3, -0.25) is 9.69 Å². The van der Waals surface area contributed by atoms with Gasteiger partial charge >= 0.3 is 0 Å². The first-order chi connectivity index (χ1) is 21.1. The van der Waals surface area contributed by atoms with Crippen LogP contribution in [0.25, 0.3) is 27.9 Å². The van der Waals surface area contributed by atoms with Gasteiger partial charge in [0, 0.05) is 61.2 Å². The molecule has 0 spiro atoms. The lowest BCUT2D eigenvalue weighted by molar-refractivity contribution is 0.151. The third-order valence-electron chi connectivity index (χ3n) is 8.68. The summed E-state index contributed by atoms with van der Waals surface area (Å²) in [4.78, 5) is 32.3. The maximum absolute atomic E-state index is 13.4. The van der Waals surface area contributed by atoms with Crippen LogP contribution in [0.3, 0.4) is 0 Å². The van der Waals surface area contributed by atoms with Crippen molar-refractivity contribution >= 4 is 39.4 Å². The molecule has 0 aliphatic carbocycles. The van der Waals surface area contributed by atoms with Gasteiger partial charge in [0.1, 0.15) is 12.1 Å². The van der Waals surface area contributed by atoms with Crippen LogP contribution in [0, 0.1) is 0 Å². The van der Waals surface area contributed by atoms with Gasteiger partial charge in [-0.1, -0.05) is 6.08 Å². The second-order valence-corrected chi connectivity index (χ2v) is 11.2. The number of aromatic nitrogens is 7. The normalized spacial score (nSPS) is 18.9. The van der Waals surface area contributed by atoms with Crippen LogP contribution in [-0.2, 0) is 13.1 Å². The first-order valence-electron chi connectivity index (χ1n) is 14.9. The predicted molar refractivity (Wildman–Crippen MR) is 166 cm³/mol. The average Bonchev–Trinajstić information content (AvgIpc) is 3.38. The van der Waals surface area contributed by atoms with Crippen molar-refractivity contribution in [3.8, 4) is 5.82 Å². The summed E-state index contributed by atoms with van der Waals surface area (Å²) in [5, 5.41) is 9.03. The van der Waals surface area contributed by atoms with E-state index in [2.05, 4.69) is 43.9 Å². The number of alkyl halides is 1. The molecule has 43 heavy (non-hydrogen) atoms. The maximum atomic E-state index is 13.4. The SMILES string of the molecule is C=CCn1c(=O)c2cnc(Nc3ccc(N4CC5CCCC4CN5CCF)cc3)nc2n1-c1ccc2cnn(CC)c2n1. The number of hydrogen-bond donors (Lipinski definition) is 1. The number of nitrogens with zero attached hydrogens (tertiary/aromatic N) is 9. The lowest BCUT2D eigenvalue weighted by Crippen LogP contribution is -2.56. The van der Waals surface area contributed by atoms with E-state index in [0.717, 1.165) is 42.7 Å². The molecule has 11 nitrogen and oxygen atoms in total. The van der Waals surface area contributed by atoms with Crippen LogP contribution in [0.4, 0.5) is 21.7 Å². The molecule has 3 aliphatic rings. The highest BCUT2D eigenvalue weighted by Gasteiger charge is 2.36. The number of pyridine rings is 1. The molecular weight excluding hydrogens is 547 g/mol. The van der Waals surface area contributed by atoms with Gasteiger partial charge in [0.15, 0.2) is 17.1 Å². The van der Waals surface area contributed by atoms with E-state index in [1.807, 2.05) is 35.9 Å². The monoisotopic (exact) mass is 582 g/mol. The van der Waals surface area contributed by atoms with Crippen molar-refractivity contribution in [2.45, 2.75) is 51.4 Å². The lowest BCUT2D eigenvalue weighted by Gasteiger charge is -2.45. The highest BCUT2D eigenvalue weighted by Crippen LogP contribution is 2.32. The van der Waals surface area contributed by atoms with Gasteiger partial charge in [-0.05, 0) is 62.6 Å². The van der Waals surface area contributed by atoms with Crippen molar-refractivity contribution in [2.24, 2.45) is 0 Å². The zero-order valence-electron chi connectivity index (χ0n) is 24.2. The summed E-state index contributed by atoms with van der Waals surface area (Å²) in [5.74, 6) is 0.933. The Labute approximate surface area is 248 Å². The minimum atomic E-state index is -0.289. The Morgan fingerprint density at radius 1 is 1.05 bits per heavy atom. The quantitative estimate of drug-likeness (QED) is 0.257. The number of aryl methyl sites for hydroxylation is 1. The Kier molecular flexibility index (Phi) is 7.13. The summed E-state index contributed by atoms with van der Waals surface area (Å²) < 4.78 is 18.2. The van der Waals surface area contributed by atoms with Crippen LogP contribution in [0.15, 0.2) is 66.2 Å². The summed E-state index contributed by atoms with van der Waals surface area (Å²) in [6, 6.07) is 12.9. The number of anilines is 3. The Morgan fingerprint density at radius 3 is 2.67 bits per heavy atom. The molecule has 0 saturated carbocycles. The molecule has 12 heteroatoms. The van der Waals surface area contributed by atoms with Crippen molar-refractivity contribution in [1.82, 2.24) is 39.0 Å². The molecule has 222 valence electrons. The highest BCUT2D eigenvalue weighted by molar-refractivity contribution is 5.79. The van der Waals surface area contributed by atoms with Gasteiger partial charge in [-0.25, -0.2) is 28.4 Å². The number of nitrogens with one attached hydrogen (secondary N) is 1. The summed E-state index contributed by atoms with van der Waals surface area (Å²) in [6.07, 6.45) is 8.45. The molecule has 1 N–H and O–H groups in total. The van der Waals surface area contributed by atoms with Crippen LogP contribution in [0.2, 0.25) is 0 Å². The van der Waals surface area contributed by atoms with Gasteiger partial charge in [0.25, 0.3) is 5.56 Å². The van der Waals surface area contributed by atoms with Gasteiger partial charge in [-0.15, -0.1) is 6.58 Å². The number of fused-ring (bicyclic) bond motifs is 6. The van der Waals surface area contributed by atoms with Crippen LogP contribution < -0.4 is 15.8 Å². The second-order valence-electron chi connectivity index (χ2n) is 11.2. The Balaban J connectivity index is 1.19. The fourth-order valence-corrected chi connectivity index (χ4v) is 6.59. The summed E-state index contributed by atoms with van der Waals surface area (Å²) >= 11 is 0. The van der Waals surface area contributed by atoms with E-state index in [-0.39, 0.29) is 18.8 Å². The summed E-state index contributed by atoms with van der Waals surface area (Å²) in [7, 11) is 0. The number of allylic oxidation sites excluding steroid dienone is 1. The van der Waals surface area contributed by atoms with E-state index >= 15 is 0 Å². The average molecular weight is 583 g/mol. The first-order valence-corrected chi connectivity index (χ1v) is 14.9. The van der Waals surface area contributed by atoms with Crippen molar-refractivity contribution in [3.63, 3.8) is 0 Å². The highest BCUT2D eigenvalue weighted by atomic mass is 19.1. The molecule has 3 aliphatic heterocycles. The van der Waals surface area contributed by atoms with Crippen molar-refractivity contribution in [1.29, 1.82) is 0 Å². The number of benzene rings is 1. The molecule has 2 atom stereocenters. The molecular formula is C31H35FN10O. The molecule has 0 amide bonds. The van der Waals surface area contributed by atoms with Crippen LogP contribution >= 0.6 is 0 Å². The number of hydrogen-bond acceptors (Lipinski definition) is 8. The number of halogens is 1. The van der Waals surface area contributed by atoms with Crippen LogP contribution in [0.5, 0.6) is 0 Å². The van der Waals surface area contributed by atoms with Crippen molar-refractivity contribution < 1.29 is 4.39 Å². The van der Waals surface area contributed by atoms with E-state index < -0.39 is 0 Å². The second kappa shape index (κ2) is 11.3. The Hall–Kier alpha value is -4.58. The van der Waals surface area contributed by atoms with Gasteiger partial charge in [0.2, 0.25) is 5.95 Å². The van der Waals surface area contributed by atoms with E-state index in [9.17, 15) is 9.18 Å². The lowest BCUT2D eigenvalue weighted by atomic mass is 10.1. The number of piperazine rings is 1. The van der Waals surface area contributed by atoms with Gasteiger partial charge in [0.05, 0.1) is 12.7 Å². The van der Waals surface area contributed by atoms with Crippen LogP contribution in [-0.4, -0.2) is 77.4 Å². The molecule has 7 heterocycles. The molecule has 1 aromatic carbocycles. The zero-order valence-corrected chi connectivity index (χ0v) is 24.2. The molecule has 3 saturated heterocycles. The van der Waals surface area contributed by atoms with E-state index in [4.69, 9.17) is 9.97 Å². The third kappa shape index (κ3) is 4.85. The van der Waals surface area contributed by atoms with Gasteiger partial charge in [-0.2, -0.15) is 10.1 Å². The van der Waals surface area contributed by atoms with E-state index in [1.54, 1.807) is 27.8 Å². The number of rotatable bonds is 9.